The zero-order valence-corrected chi connectivity index (χ0v) is 11.4. The Labute approximate surface area is 120 Å². The van der Waals surface area contributed by atoms with E-state index in [0.717, 1.165) is 0 Å². The molecule has 0 saturated carbocycles. The summed E-state index contributed by atoms with van der Waals surface area (Å²) < 4.78 is 18.0. The lowest BCUT2D eigenvalue weighted by Crippen LogP contribution is -2.05. The van der Waals surface area contributed by atoms with Crippen molar-refractivity contribution in [1.29, 1.82) is 0 Å². The van der Waals surface area contributed by atoms with E-state index in [1.165, 1.54) is 18.3 Å². The number of pyridine rings is 1. The minimum Gasteiger partial charge on any atom is -0.462 e. The molecule has 0 bridgehead atoms. The van der Waals surface area contributed by atoms with Crippen LogP contribution in [0.25, 0.3) is 0 Å². The minimum atomic E-state index is -0.442. The smallest absolute Gasteiger partial charge is 0.339 e. The molecule has 0 unspecified atom stereocenters. The summed E-state index contributed by atoms with van der Waals surface area (Å²) in [4.78, 5) is 15.5. The highest BCUT2D eigenvalue weighted by atomic mass is 35.5. The molecule has 4 nitrogen and oxygen atoms in total. The molecule has 0 aliphatic carbocycles. The number of carbonyl (C=O) groups excluding carboxylic acids is 1. The van der Waals surface area contributed by atoms with Crippen molar-refractivity contribution < 1.29 is 13.9 Å². The van der Waals surface area contributed by atoms with E-state index in [4.69, 9.17) is 16.3 Å². The Balaban J connectivity index is 2.12. The van der Waals surface area contributed by atoms with E-state index in [1.54, 1.807) is 25.1 Å². The minimum absolute atomic E-state index is 0.288. The lowest BCUT2D eigenvalue weighted by atomic mass is 10.2. The summed E-state index contributed by atoms with van der Waals surface area (Å²) in [6.45, 7) is 2.04. The van der Waals surface area contributed by atoms with Crippen molar-refractivity contribution in [3.8, 4) is 0 Å². The zero-order valence-electron chi connectivity index (χ0n) is 10.7. The molecule has 1 N–H and O–H groups in total. The fourth-order valence-corrected chi connectivity index (χ4v) is 1.80. The number of esters is 1. The van der Waals surface area contributed by atoms with E-state index in [9.17, 15) is 9.18 Å². The number of carbonyl (C=O) groups is 1. The van der Waals surface area contributed by atoms with Gasteiger partial charge in [0.15, 0.2) is 0 Å². The van der Waals surface area contributed by atoms with Gasteiger partial charge >= 0.3 is 5.97 Å². The first kappa shape index (κ1) is 14.3. The van der Waals surface area contributed by atoms with Crippen molar-refractivity contribution in [2.24, 2.45) is 0 Å². The Bertz CT molecular complexity index is 597. The van der Waals surface area contributed by atoms with Gasteiger partial charge in [0.05, 0.1) is 12.2 Å². The third-order valence-electron chi connectivity index (χ3n) is 2.41. The molecular formula is C14H12ClFN2O2. The predicted molar refractivity (Wildman–Crippen MR) is 74.9 cm³/mol. The van der Waals surface area contributed by atoms with Crippen LogP contribution in [0.2, 0.25) is 5.02 Å². The molecule has 2 aromatic rings. The number of hydrogen-bond donors (Lipinski definition) is 1. The highest BCUT2D eigenvalue weighted by Crippen LogP contribution is 2.21. The van der Waals surface area contributed by atoms with Gasteiger partial charge in [-0.1, -0.05) is 11.6 Å². The second kappa shape index (κ2) is 6.34. The monoisotopic (exact) mass is 294 g/mol. The van der Waals surface area contributed by atoms with Crippen molar-refractivity contribution in [1.82, 2.24) is 4.98 Å². The summed E-state index contributed by atoms with van der Waals surface area (Å²) >= 11 is 5.76. The summed E-state index contributed by atoms with van der Waals surface area (Å²) in [5.74, 6) is -0.400. The quantitative estimate of drug-likeness (QED) is 0.872. The first-order chi connectivity index (χ1) is 9.58. The lowest BCUT2D eigenvalue weighted by molar-refractivity contribution is 0.0526. The van der Waals surface area contributed by atoms with Crippen LogP contribution in [0.1, 0.15) is 17.3 Å². The first-order valence-corrected chi connectivity index (χ1v) is 6.32. The zero-order chi connectivity index (χ0) is 14.5. The molecule has 0 spiro atoms. The number of anilines is 2. The molecule has 20 heavy (non-hydrogen) atoms. The fourth-order valence-electron chi connectivity index (χ4n) is 1.58. The van der Waals surface area contributed by atoms with Gasteiger partial charge in [0.1, 0.15) is 11.6 Å². The van der Waals surface area contributed by atoms with Crippen LogP contribution in [0.15, 0.2) is 36.5 Å². The molecule has 0 aliphatic rings. The van der Waals surface area contributed by atoms with Crippen LogP contribution < -0.4 is 5.32 Å². The van der Waals surface area contributed by atoms with E-state index < -0.39 is 11.8 Å². The van der Waals surface area contributed by atoms with Crippen LogP contribution in [0.5, 0.6) is 0 Å². The van der Waals surface area contributed by atoms with E-state index in [-0.39, 0.29) is 5.02 Å². The molecule has 0 amide bonds. The summed E-state index contributed by atoms with van der Waals surface area (Å²) in [6, 6.07) is 7.27. The van der Waals surface area contributed by atoms with Gasteiger partial charge in [-0.15, -0.1) is 0 Å². The summed E-state index contributed by atoms with van der Waals surface area (Å²) in [6.07, 6.45) is 1.39. The molecule has 0 radical (unpaired) electrons. The number of nitrogens with zero attached hydrogens (tertiary/aromatic N) is 1. The summed E-state index contributed by atoms with van der Waals surface area (Å²) in [5, 5.41) is 3.18. The Morgan fingerprint density at radius 3 is 2.80 bits per heavy atom. The summed E-state index contributed by atoms with van der Waals surface area (Å²) in [7, 11) is 0. The maximum atomic E-state index is 13.2. The Morgan fingerprint density at radius 1 is 1.40 bits per heavy atom. The Morgan fingerprint density at radius 2 is 2.20 bits per heavy atom. The number of ether oxygens (including phenoxy) is 1. The number of rotatable bonds is 4. The third-order valence-corrected chi connectivity index (χ3v) is 2.63. The van der Waals surface area contributed by atoms with Gasteiger partial charge in [0.25, 0.3) is 0 Å². The van der Waals surface area contributed by atoms with E-state index in [1.807, 2.05) is 0 Å². The van der Waals surface area contributed by atoms with Gasteiger partial charge in [-0.25, -0.2) is 14.2 Å². The van der Waals surface area contributed by atoms with Crippen LogP contribution in [-0.4, -0.2) is 17.6 Å². The largest absolute Gasteiger partial charge is 0.462 e. The van der Waals surface area contributed by atoms with Crippen LogP contribution in [0, 0.1) is 5.82 Å². The van der Waals surface area contributed by atoms with Crippen molar-refractivity contribution in [3.63, 3.8) is 0 Å². The molecule has 1 aromatic heterocycles. The predicted octanol–water partition coefficient (Wildman–Crippen LogP) is 3.79. The molecule has 6 heteroatoms. The van der Waals surface area contributed by atoms with Crippen molar-refractivity contribution >= 4 is 29.1 Å². The third kappa shape index (κ3) is 3.68. The van der Waals surface area contributed by atoms with Crippen molar-refractivity contribution in [3.05, 3.63) is 52.9 Å². The molecule has 0 fully saturated rings. The second-order valence-corrected chi connectivity index (χ2v) is 4.37. The van der Waals surface area contributed by atoms with Gasteiger partial charge in [-0.2, -0.15) is 0 Å². The van der Waals surface area contributed by atoms with Gasteiger partial charge in [0, 0.05) is 16.9 Å². The van der Waals surface area contributed by atoms with Gasteiger partial charge in [-0.3, -0.25) is 0 Å². The second-order valence-electron chi connectivity index (χ2n) is 3.94. The van der Waals surface area contributed by atoms with E-state index in [0.29, 0.717) is 23.7 Å². The molecule has 0 saturated heterocycles. The standard InChI is InChI=1S/C14H12ClFN2O2/c1-2-20-14(19)9-3-4-13(17-8-9)18-12-6-10(15)5-11(16)7-12/h3-8H,2H2,1H3,(H,17,18). The number of halogens is 2. The Hall–Kier alpha value is -2.14. The van der Waals surface area contributed by atoms with E-state index in [2.05, 4.69) is 10.3 Å². The van der Waals surface area contributed by atoms with Gasteiger partial charge in [0.2, 0.25) is 0 Å². The number of hydrogen-bond acceptors (Lipinski definition) is 4. The van der Waals surface area contributed by atoms with Crippen LogP contribution in [0.4, 0.5) is 15.9 Å². The maximum Gasteiger partial charge on any atom is 0.339 e. The van der Waals surface area contributed by atoms with Crippen molar-refractivity contribution in [2.45, 2.75) is 6.92 Å². The molecule has 1 heterocycles. The van der Waals surface area contributed by atoms with Crippen LogP contribution >= 0.6 is 11.6 Å². The van der Waals surface area contributed by atoms with Gasteiger partial charge < -0.3 is 10.1 Å². The average Bonchev–Trinajstić information content (AvgIpc) is 2.38. The SMILES string of the molecule is CCOC(=O)c1ccc(Nc2cc(F)cc(Cl)c2)nc1. The maximum absolute atomic E-state index is 13.2. The van der Waals surface area contributed by atoms with Crippen LogP contribution in [-0.2, 0) is 4.74 Å². The van der Waals surface area contributed by atoms with Gasteiger partial charge in [-0.05, 0) is 37.3 Å². The molecule has 0 atom stereocenters. The van der Waals surface area contributed by atoms with Crippen LogP contribution in [0.3, 0.4) is 0 Å². The highest BCUT2D eigenvalue weighted by Gasteiger charge is 2.07. The first-order valence-electron chi connectivity index (χ1n) is 5.95. The normalized spacial score (nSPS) is 10.2. The molecular weight excluding hydrogens is 283 g/mol. The average molecular weight is 295 g/mol. The lowest BCUT2D eigenvalue weighted by Gasteiger charge is -2.07. The number of aromatic nitrogens is 1. The molecule has 1 aromatic carbocycles. The number of benzene rings is 1. The summed E-state index contributed by atoms with van der Waals surface area (Å²) in [5.41, 5.74) is 0.834. The number of nitrogens with one attached hydrogen (secondary N) is 1. The highest BCUT2D eigenvalue weighted by molar-refractivity contribution is 6.30. The van der Waals surface area contributed by atoms with E-state index >= 15 is 0 Å². The van der Waals surface area contributed by atoms with Crippen molar-refractivity contribution in [2.75, 3.05) is 11.9 Å². The molecule has 104 valence electrons. The molecule has 0 aliphatic heterocycles. The fraction of sp³-hybridized carbons (Fsp3) is 0.143. The Kier molecular flexibility index (Phi) is 4.53. The topological polar surface area (TPSA) is 51.2 Å². The molecule has 2 rings (SSSR count).